The van der Waals surface area contributed by atoms with E-state index in [0.717, 1.165) is 6.07 Å². The summed E-state index contributed by atoms with van der Waals surface area (Å²) in [5.74, 6) is -2.43. The molecule has 12 nitrogen and oxygen atoms in total. The molecule has 1 atom stereocenters. The highest BCUT2D eigenvalue weighted by molar-refractivity contribution is 6.30. The van der Waals surface area contributed by atoms with Crippen molar-refractivity contribution in [2.24, 2.45) is 0 Å². The number of hydrogen-bond acceptors (Lipinski definition) is 9. The van der Waals surface area contributed by atoms with Gasteiger partial charge in [-0.1, -0.05) is 11.6 Å². The Hall–Kier alpha value is -5.37. The van der Waals surface area contributed by atoms with E-state index in [1.165, 1.54) is 36.3 Å². The number of ether oxygens (including phenoxy) is 2. The molecule has 15 heteroatoms. The molecule has 0 spiro atoms. The predicted molar refractivity (Wildman–Crippen MR) is 162 cm³/mol. The maximum Gasteiger partial charge on any atom is 0.411 e. The van der Waals surface area contributed by atoms with Gasteiger partial charge < -0.3 is 20.1 Å². The zero-order valence-electron chi connectivity index (χ0n) is 23.9. The number of tetrazole rings is 1. The standard InChI is InChI=1S/C30H28ClF2N7O5/c1-44-29(42)10-11-45-30(43)37-25-6-4-24(5-7-25)34-17-26(14-19-12-22(32)16-23(33)13-19)36-28(41)9-2-20-15-21(31)3-8-27(20)40-18-35-38-39-40/h2-9,12-13,15-16,18,26,34H,10-11,14,17H2,1H3,(H,36,41)(H,37,43)/b9-2+/t26-/m0/s1. The quantitative estimate of drug-likeness (QED) is 0.141. The summed E-state index contributed by atoms with van der Waals surface area (Å²) in [5, 5.41) is 20.2. The Morgan fingerprint density at radius 1 is 1.02 bits per heavy atom. The third kappa shape index (κ3) is 10.4. The van der Waals surface area contributed by atoms with E-state index in [1.807, 2.05) is 0 Å². The Labute approximate surface area is 261 Å². The molecule has 234 valence electrons. The number of carbonyl (C=O) groups is 3. The second kappa shape index (κ2) is 15.9. The molecule has 4 aromatic rings. The summed E-state index contributed by atoms with van der Waals surface area (Å²) in [6, 6.07) is 14.2. The first kappa shape index (κ1) is 32.5. The molecule has 0 aliphatic rings. The molecule has 3 N–H and O–H groups in total. The minimum Gasteiger partial charge on any atom is -0.469 e. The fourth-order valence-electron chi connectivity index (χ4n) is 4.14. The lowest BCUT2D eigenvalue weighted by Gasteiger charge is -2.20. The van der Waals surface area contributed by atoms with Crippen molar-refractivity contribution >= 4 is 47.0 Å². The molecule has 45 heavy (non-hydrogen) atoms. The number of aromatic nitrogens is 4. The first-order valence-corrected chi connectivity index (χ1v) is 13.9. The third-order valence-electron chi connectivity index (χ3n) is 6.20. The summed E-state index contributed by atoms with van der Waals surface area (Å²) < 4.78 is 38.6. The van der Waals surface area contributed by atoms with E-state index < -0.39 is 35.6 Å². The molecule has 0 aliphatic carbocycles. The highest BCUT2D eigenvalue weighted by Crippen LogP contribution is 2.20. The molecule has 0 bridgehead atoms. The number of benzene rings is 3. The molecule has 0 unspecified atom stereocenters. The van der Waals surface area contributed by atoms with E-state index >= 15 is 0 Å². The van der Waals surface area contributed by atoms with Crippen LogP contribution in [-0.4, -0.2) is 64.5 Å². The number of methoxy groups -OCH3 is 1. The number of nitrogens with one attached hydrogen (secondary N) is 3. The van der Waals surface area contributed by atoms with Crippen LogP contribution in [0.3, 0.4) is 0 Å². The van der Waals surface area contributed by atoms with Gasteiger partial charge in [0, 0.05) is 40.6 Å². The average molecular weight is 640 g/mol. The van der Waals surface area contributed by atoms with Crippen molar-refractivity contribution in [3.05, 3.63) is 101 Å². The van der Waals surface area contributed by atoms with Gasteiger partial charge in [-0.25, -0.2) is 13.6 Å². The lowest BCUT2D eigenvalue weighted by molar-refractivity contribution is -0.141. The molecular weight excluding hydrogens is 612 g/mol. The summed E-state index contributed by atoms with van der Waals surface area (Å²) in [5.41, 5.74) is 2.60. The summed E-state index contributed by atoms with van der Waals surface area (Å²) >= 11 is 6.16. The number of esters is 1. The minimum absolute atomic E-state index is 0.0646. The van der Waals surface area contributed by atoms with Crippen LogP contribution in [0.25, 0.3) is 11.8 Å². The second-order valence-corrected chi connectivity index (χ2v) is 9.96. The molecule has 0 saturated carbocycles. The molecule has 0 fully saturated rings. The van der Waals surface area contributed by atoms with Crippen LogP contribution in [0.4, 0.5) is 25.0 Å². The maximum atomic E-state index is 13.9. The monoisotopic (exact) mass is 639 g/mol. The molecular formula is C30H28ClF2N7O5. The summed E-state index contributed by atoms with van der Waals surface area (Å²) in [4.78, 5) is 36.1. The number of rotatable bonds is 13. The lowest BCUT2D eigenvalue weighted by atomic mass is 10.0. The molecule has 0 aliphatic heterocycles. The Bertz CT molecular complexity index is 1630. The van der Waals surface area contributed by atoms with Crippen LogP contribution in [0.5, 0.6) is 0 Å². The number of hydrogen-bond donors (Lipinski definition) is 3. The van der Waals surface area contributed by atoms with Crippen molar-refractivity contribution < 1.29 is 32.6 Å². The first-order valence-electron chi connectivity index (χ1n) is 13.5. The van der Waals surface area contributed by atoms with E-state index in [1.54, 1.807) is 48.5 Å². The minimum atomic E-state index is -0.736. The fraction of sp³-hybridized carbons (Fsp3) is 0.200. The van der Waals surface area contributed by atoms with Gasteiger partial charge in [-0.3, -0.25) is 14.9 Å². The number of carbonyl (C=O) groups excluding carboxylic acids is 3. The smallest absolute Gasteiger partial charge is 0.411 e. The Balaban J connectivity index is 1.41. The van der Waals surface area contributed by atoms with Crippen LogP contribution < -0.4 is 16.0 Å². The van der Waals surface area contributed by atoms with E-state index in [-0.39, 0.29) is 26.0 Å². The van der Waals surface area contributed by atoms with Crippen LogP contribution in [0.15, 0.2) is 73.1 Å². The van der Waals surface area contributed by atoms with Crippen LogP contribution in [0.2, 0.25) is 5.02 Å². The van der Waals surface area contributed by atoms with Gasteiger partial charge in [0.2, 0.25) is 5.91 Å². The summed E-state index contributed by atoms with van der Waals surface area (Å²) in [6.07, 6.45) is 3.58. The number of amides is 2. The van der Waals surface area contributed by atoms with Crippen molar-refractivity contribution in [2.45, 2.75) is 18.9 Å². The van der Waals surface area contributed by atoms with Crippen LogP contribution in [0.1, 0.15) is 17.5 Å². The third-order valence-corrected chi connectivity index (χ3v) is 6.44. The molecule has 4 rings (SSSR count). The highest BCUT2D eigenvalue weighted by Gasteiger charge is 2.15. The number of halogens is 3. The second-order valence-electron chi connectivity index (χ2n) is 9.52. The Kier molecular flexibility index (Phi) is 11.5. The van der Waals surface area contributed by atoms with Gasteiger partial charge in [0.25, 0.3) is 0 Å². The van der Waals surface area contributed by atoms with Crippen LogP contribution in [0, 0.1) is 11.6 Å². The van der Waals surface area contributed by atoms with Gasteiger partial charge >= 0.3 is 12.1 Å². The molecule has 2 amide bonds. The van der Waals surface area contributed by atoms with E-state index in [2.05, 4.69) is 36.2 Å². The topological polar surface area (TPSA) is 149 Å². The largest absolute Gasteiger partial charge is 0.469 e. The van der Waals surface area contributed by atoms with Crippen molar-refractivity contribution in [1.29, 1.82) is 0 Å². The van der Waals surface area contributed by atoms with Gasteiger partial charge in [0.15, 0.2) is 0 Å². The van der Waals surface area contributed by atoms with Crippen molar-refractivity contribution in [3.8, 4) is 5.69 Å². The van der Waals surface area contributed by atoms with Gasteiger partial charge in [0.05, 0.1) is 25.3 Å². The maximum absolute atomic E-state index is 13.9. The zero-order valence-corrected chi connectivity index (χ0v) is 24.6. The Morgan fingerprint density at radius 3 is 2.44 bits per heavy atom. The van der Waals surface area contributed by atoms with Crippen molar-refractivity contribution in [1.82, 2.24) is 25.5 Å². The van der Waals surface area contributed by atoms with Crippen LogP contribution >= 0.6 is 11.6 Å². The van der Waals surface area contributed by atoms with Gasteiger partial charge in [-0.15, -0.1) is 5.10 Å². The summed E-state index contributed by atoms with van der Waals surface area (Å²) in [6.45, 7) is 0.0578. The molecule has 0 radical (unpaired) electrons. The first-order chi connectivity index (χ1) is 21.7. The summed E-state index contributed by atoms with van der Waals surface area (Å²) in [7, 11) is 1.24. The molecule has 3 aromatic carbocycles. The van der Waals surface area contributed by atoms with Gasteiger partial charge in [-0.2, -0.15) is 4.68 Å². The normalized spacial score (nSPS) is 11.6. The van der Waals surface area contributed by atoms with Crippen LogP contribution in [-0.2, 0) is 25.5 Å². The van der Waals surface area contributed by atoms with Gasteiger partial charge in [-0.05, 0) is 83.1 Å². The molecule has 1 aromatic heterocycles. The average Bonchev–Trinajstić information content (AvgIpc) is 3.54. The van der Waals surface area contributed by atoms with Crippen molar-refractivity contribution in [2.75, 3.05) is 30.9 Å². The van der Waals surface area contributed by atoms with E-state index in [4.69, 9.17) is 16.3 Å². The Morgan fingerprint density at radius 2 is 1.76 bits per heavy atom. The molecule has 0 saturated heterocycles. The highest BCUT2D eigenvalue weighted by atomic mass is 35.5. The van der Waals surface area contributed by atoms with E-state index in [9.17, 15) is 23.2 Å². The van der Waals surface area contributed by atoms with E-state index in [0.29, 0.717) is 33.2 Å². The van der Waals surface area contributed by atoms with Crippen molar-refractivity contribution in [3.63, 3.8) is 0 Å². The fourth-order valence-corrected chi connectivity index (χ4v) is 4.32. The predicted octanol–water partition coefficient (Wildman–Crippen LogP) is 4.56. The SMILES string of the molecule is COC(=O)CCOC(=O)Nc1ccc(NC[C@H](Cc2cc(F)cc(F)c2)NC(=O)/C=C/c2cc(Cl)ccc2-n2cnnn2)cc1. The lowest BCUT2D eigenvalue weighted by Crippen LogP contribution is -2.40. The van der Waals surface area contributed by atoms with Gasteiger partial charge in [0.1, 0.15) is 24.6 Å². The number of nitrogens with zero attached hydrogens (tertiary/aromatic N) is 4. The zero-order chi connectivity index (χ0) is 32.2. The number of anilines is 2. The molecule has 1 heterocycles.